The Balaban J connectivity index is 2.24. The Hall–Kier alpha value is -0.120. The number of piperidine rings is 1. The third-order valence-corrected chi connectivity index (χ3v) is 3.04. The Kier molecular flexibility index (Phi) is 5.58. The minimum Gasteiger partial charge on any atom is -0.390 e. The molecular weight excluding hydrogens is 188 g/mol. The molecule has 0 aromatic rings. The minimum atomic E-state index is -0.220. The van der Waals surface area contributed by atoms with Crippen LogP contribution in [0.4, 0.5) is 0 Å². The molecule has 90 valence electrons. The van der Waals surface area contributed by atoms with E-state index in [9.17, 15) is 5.11 Å². The van der Waals surface area contributed by atoms with Gasteiger partial charge in [-0.25, -0.2) is 0 Å². The molecule has 0 aromatic heterocycles. The van der Waals surface area contributed by atoms with E-state index < -0.39 is 0 Å². The second-order valence-electron chi connectivity index (χ2n) is 5.13. The van der Waals surface area contributed by atoms with Gasteiger partial charge in [-0.15, -0.1) is 0 Å². The summed E-state index contributed by atoms with van der Waals surface area (Å²) < 4.78 is 0. The van der Waals surface area contributed by atoms with E-state index in [-0.39, 0.29) is 6.10 Å². The molecule has 1 saturated heterocycles. The molecule has 1 fully saturated rings. The van der Waals surface area contributed by atoms with Gasteiger partial charge in [0.1, 0.15) is 0 Å². The summed E-state index contributed by atoms with van der Waals surface area (Å²) in [5.41, 5.74) is 0. The van der Waals surface area contributed by atoms with Crippen LogP contribution in [0, 0.1) is 11.8 Å². The molecule has 1 aliphatic heterocycles. The summed E-state index contributed by atoms with van der Waals surface area (Å²) in [5, 5.41) is 13.0. The van der Waals surface area contributed by atoms with Gasteiger partial charge in [-0.2, -0.15) is 0 Å². The average molecular weight is 214 g/mol. The molecule has 0 saturated carbocycles. The number of rotatable bonds is 5. The van der Waals surface area contributed by atoms with Crippen molar-refractivity contribution in [3.63, 3.8) is 0 Å². The molecule has 0 aliphatic carbocycles. The van der Waals surface area contributed by atoms with Gasteiger partial charge in [0, 0.05) is 26.2 Å². The monoisotopic (exact) mass is 214 g/mol. The van der Waals surface area contributed by atoms with E-state index in [0.717, 1.165) is 44.6 Å². The van der Waals surface area contributed by atoms with Gasteiger partial charge < -0.3 is 15.3 Å². The number of likely N-dealkylation sites (tertiary alicyclic amines) is 1. The Labute approximate surface area is 93.9 Å². The zero-order valence-electron chi connectivity index (χ0n) is 10.4. The molecule has 1 heterocycles. The summed E-state index contributed by atoms with van der Waals surface area (Å²) in [6, 6.07) is 0. The predicted octanol–water partition coefficient (Wildman–Crippen LogP) is 0.935. The maximum absolute atomic E-state index is 9.80. The highest BCUT2D eigenvalue weighted by atomic mass is 16.3. The van der Waals surface area contributed by atoms with E-state index in [0.29, 0.717) is 0 Å². The smallest absolute Gasteiger partial charge is 0.0791 e. The number of likely N-dealkylation sites (N-methyl/N-ethyl adjacent to an activating group) is 1. The van der Waals surface area contributed by atoms with E-state index >= 15 is 0 Å². The van der Waals surface area contributed by atoms with Crippen molar-refractivity contribution in [1.29, 1.82) is 0 Å². The van der Waals surface area contributed by atoms with Crippen molar-refractivity contribution in [3.8, 4) is 0 Å². The molecule has 3 atom stereocenters. The molecule has 3 unspecified atom stereocenters. The predicted molar refractivity (Wildman–Crippen MR) is 63.9 cm³/mol. The molecule has 15 heavy (non-hydrogen) atoms. The quantitative estimate of drug-likeness (QED) is 0.715. The van der Waals surface area contributed by atoms with Crippen LogP contribution < -0.4 is 5.32 Å². The van der Waals surface area contributed by atoms with Crippen LogP contribution in [0.5, 0.6) is 0 Å². The highest BCUT2D eigenvalue weighted by Gasteiger charge is 2.22. The highest BCUT2D eigenvalue weighted by Crippen LogP contribution is 2.20. The molecule has 0 amide bonds. The van der Waals surface area contributed by atoms with E-state index in [1.165, 1.54) is 6.42 Å². The molecule has 0 bridgehead atoms. The standard InChI is InChI=1S/C12H26N2O/c1-4-13-6-12(15)9-14-7-10(2)5-11(3)8-14/h10-13,15H,4-9H2,1-3H3. The Morgan fingerprint density at radius 3 is 2.47 bits per heavy atom. The van der Waals surface area contributed by atoms with E-state index in [4.69, 9.17) is 0 Å². The lowest BCUT2D eigenvalue weighted by molar-refractivity contribution is 0.0702. The van der Waals surface area contributed by atoms with Crippen LogP contribution in [-0.4, -0.2) is 48.8 Å². The maximum Gasteiger partial charge on any atom is 0.0791 e. The van der Waals surface area contributed by atoms with Crippen molar-refractivity contribution >= 4 is 0 Å². The Morgan fingerprint density at radius 2 is 1.93 bits per heavy atom. The van der Waals surface area contributed by atoms with Gasteiger partial charge >= 0.3 is 0 Å². The second kappa shape index (κ2) is 6.46. The van der Waals surface area contributed by atoms with Crippen molar-refractivity contribution in [2.24, 2.45) is 11.8 Å². The summed E-state index contributed by atoms with van der Waals surface area (Å²) in [4.78, 5) is 2.40. The lowest BCUT2D eigenvalue weighted by atomic mass is 9.92. The first-order valence-electron chi connectivity index (χ1n) is 6.23. The fourth-order valence-corrected chi connectivity index (χ4v) is 2.61. The molecule has 0 spiro atoms. The van der Waals surface area contributed by atoms with E-state index in [1.807, 2.05) is 0 Å². The van der Waals surface area contributed by atoms with Crippen molar-refractivity contribution in [2.45, 2.75) is 33.3 Å². The topological polar surface area (TPSA) is 35.5 Å². The average Bonchev–Trinajstić information content (AvgIpc) is 2.13. The fourth-order valence-electron chi connectivity index (χ4n) is 2.61. The molecule has 3 heteroatoms. The Morgan fingerprint density at radius 1 is 1.33 bits per heavy atom. The molecular formula is C12H26N2O. The van der Waals surface area contributed by atoms with Crippen LogP contribution in [0.15, 0.2) is 0 Å². The number of aliphatic hydroxyl groups excluding tert-OH is 1. The van der Waals surface area contributed by atoms with Gasteiger partial charge in [-0.1, -0.05) is 20.8 Å². The number of β-amino-alcohol motifs (C(OH)–C–C–N with tert-alkyl or cyclic N) is 1. The van der Waals surface area contributed by atoms with Crippen molar-refractivity contribution < 1.29 is 5.11 Å². The summed E-state index contributed by atoms with van der Waals surface area (Å²) in [6.45, 7) is 11.4. The van der Waals surface area contributed by atoms with Crippen LogP contribution in [0.1, 0.15) is 27.2 Å². The second-order valence-corrected chi connectivity index (χ2v) is 5.13. The third-order valence-electron chi connectivity index (χ3n) is 3.04. The van der Waals surface area contributed by atoms with Crippen LogP contribution in [0.3, 0.4) is 0 Å². The first-order valence-corrected chi connectivity index (χ1v) is 6.23. The lowest BCUT2D eigenvalue weighted by Crippen LogP contribution is -2.45. The van der Waals surface area contributed by atoms with Gasteiger partial charge in [-0.3, -0.25) is 0 Å². The summed E-state index contributed by atoms with van der Waals surface area (Å²) in [5.74, 6) is 1.56. The van der Waals surface area contributed by atoms with Gasteiger partial charge in [0.2, 0.25) is 0 Å². The largest absolute Gasteiger partial charge is 0.390 e. The number of hydrogen-bond acceptors (Lipinski definition) is 3. The lowest BCUT2D eigenvalue weighted by Gasteiger charge is -2.36. The van der Waals surface area contributed by atoms with Gasteiger partial charge in [0.05, 0.1) is 6.10 Å². The van der Waals surface area contributed by atoms with Gasteiger partial charge in [-0.05, 0) is 24.8 Å². The van der Waals surface area contributed by atoms with Gasteiger partial charge in [0.15, 0.2) is 0 Å². The molecule has 1 rings (SSSR count). The first kappa shape index (κ1) is 12.9. The molecule has 0 radical (unpaired) electrons. The Bertz CT molecular complexity index is 165. The number of aliphatic hydroxyl groups is 1. The van der Waals surface area contributed by atoms with Crippen molar-refractivity contribution in [2.75, 3.05) is 32.7 Å². The van der Waals surface area contributed by atoms with Crippen LogP contribution in [0.25, 0.3) is 0 Å². The van der Waals surface area contributed by atoms with Crippen LogP contribution in [-0.2, 0) is 0 Å². The van der Waals surface area contributed by atoms with Crippen LogP contribution in [0.2, 0.25) is 0 Å². The first-order chi connectivity index (χ1) is 7.11. The van der Waals surface area contributed by atoms with Crippen molar-refractivity contribution in [1.82, 2.24) is 10.2 Å². The van der Waals surface area contributed by atoms with E-state index in [1.54, 1.807) is 0 Å². The van der Waals surface area contributed by atoms with Crippen LogP contribution >= 0.6 is 0 Å². The fraction of sp³-hybridized carbons (Fsp3) is 1.00. The normalized spacial score (nSPS) is 30.4. The zero-order valence-corrected chi connectivity index (χ0v) is 10.4. The molecule has 3 nitrogen and oxygen atoms in total. The molecule has 2 N–H and O–H groups in total. The van der Waals surface area contributed by atoms with Gasteiger partial charge in [0.25, 0.3) is 0 Å². The summed E-state index contributed by atoms with van der Waals surface area (Å²) in [7, 11) is 0. The SMILES string of the molecule is CCNCC(O)CN1CC(C)CC(C)C1. The van der Waals surface area contributed by atoms with E-state index in [2.05, 4.69) is 31.0 Å². The number of nitrogens with zero attached hydrogens (tertiary/aromatic N) is 1. The molecule has 0 aromatic carbocycles. The highest BCUT2D eigenvalue weighted by molar-refractivity contribution is 4.77. The summed E-state index contributed by atoms with van der Waals surface area (Å²) in [6.07, 6.45) is 1.11. The maximum atomic E-state index is 9.80. The minimum absolute atomic E-state index is 0.220. The number of nitrogens with one attached hydrogen (secondary N) is 1. The van der Waals surface area contributed by atoms with Crippen molar-refractivity contribution in [3.05, 3.63) is 0 Å². The summed E-state index contributed by atoms with van der Waals surface area (Å²) >= 11 is 0. The zero-order chi connectivity index (χ0) is 11.3. The third kappa shape index (κ3) is 4.96. The number of hydrogen-bond donors (Lipinski definition) is 2. The molecule has 1 aliphatic rings.